The Labute approximate surface area is 133 Å². The average molecular weight is 317 g/mol. The minimum Gasteiger partial charge on any atom is -0.355 e. The van der Waals surface area contributed by atoms with Gasteiger partial charge < -0.3 is 16.0 Å². The Balaban J connectivity index is 1.70. The summed E-state index contributed by atoms with van der Waals surface area (Å²) in [7, 11) is 1.60. The van der Waals surface area contributed by atoms with Crippen molar-refractivity contribution in [2.45, 2.75) is 13.0 Å². The Kier molecular flexibility index (Phi) is 5.97. The Morgan fingerprint density at radius 1 is 1.09 bits per heavy atom. The van der Waals surface area contributed by atoms with E-state index in [0.717, 1.165) is 12.0 Å². The summed E-state index contributed by atoms with van der Waals surface area (Å²) in [6.45, 7) is 1.04. The fourth-order valence-electron chi connectivity index (χ4n) is 1.92. The zero-order chi connectivity index (χ0) is 15.8. The minimum atomic E-state index is -0.188. The quantitative estimate of drug-likeness (QED) is 0.764. The molecular formula is C16H19N3O2S. The Morgan fingerprint density at radius 3 is 2.50 bits per heavy atom. The van der Waals surface area contributed by atoms with E-state index in [1.165, 1.54) is 4.88 Å². The molecule has 0 aliphatic heterocycles. The third-order valence-corrected chi connectivity index (χ3v) is 4.07. The SMILES string of the molecule is CNC(=O)c1ccc(CNC(=O)NCCc2cccs2)cc1. The number of carbonyl (C=O) groups is 2. The molecule has 22 heavy (non-hydrogen) atoms. The van der Waals surface area contributed by atoms with Crippen LogP contribution < -0.4 is 16.0 Å². The maximum atomic E-state index is 11.7. The van der Waals surface area contributed by atoms with Gasteiger partial charge in [-0.3, -0.25) is 4.79 Å². The van der Waals surface area contributed by atoms with Crippen LogP contribution in [-0.4, -0.2) is 25.5 Å². The molecule has 5 nitrogen and oxygen atoms in total. The molecule has 0 atom stereocenters. The second-order valence-corrected chi connectivity index (χ2v) is 5.75. The zero-order valence-electron chi connectivity index (χ0n) is 12.4. The lowest BCUT2D eigenvalue weighted by Gasteiger charge is -2.08. The van der Waals surface area contributed by atoms with E-state index >= 15 is 0 Å². The van der Waals surface area contributed by atoms with E-state index in [2.05, 4.69) is 22.0 Å². The summed E-state index contributed by atoms with van der Waals surface area (Å²) in [4.78, 5) is 24.4. The van der Waals surface area contributed by atoms with Gasteiger partial charge in [0.25, 0.3) is 5.91 Å². The van der Waals surface area contributed by atoms with Gasteiger partial charge in [-0.1, -0.05) is 18.2 Å². The van der Waals surface area contributed by atoms with Gasteiger partial charge in [0.05, 0.1) is 0 Å². The summed E-state index contributed by atoms with van der Waals surface area (Å²) < 4.78 is 0. The van der Waals surface area contributed by atoms with Crippen molar-refractivity contribution in [3.63, 3.8) is 0 Å². The van der Waals surface area contributed by atoms with Gasteiger partial charge in [-0.2, -0.15) is 0 Å². The summed E-state index contributed by atoms with van der Waals surface area (Å²) in [5, 5.41) is 10.2. The van der Waals surface area contributed by atoms with Crippen molar-refractivity contribution in [1.29, 1.82) is 0 Å². The van der Waals surface area contributed by atoms with Gasteiger partial charge in [0.2, 0.25) is 0 Å². The first-order valence-corrected chi connectivity index (χ1v) is 7.92. The summed E-state index contributed by atoms with van der Waals surface area (Å²) in [6.07, 6.45) is 0.839. The van der Waals surface area contributed by atoms with E-state index in [1.54, 1.807) is 30.5 Å². The summed E-state index contributed by atoms with van der Waals surface area (Å²) >= 11 is 1.69. The predicted molar refractivity (Wildman–Crippen MR) is 88.1 cm³/mol. The van der Waals surface area contributed by atoms with Crippen molar-refractivity contribution in [2.24, 2.45) is 0 Å². The molecule has 0 saturated carbocycles. The number of benzene rings is 1. The van der Waals surface area contributed by atoms with Crippen molar-refractivity contribution in [3.05, 3.63) is 57.8 Å². The number of hydrogen-bond acceptors (Lipinski definition) is 3. The van der Waals surface area contributed by atoms with Crippen molar-refractivity contribution in [2.75, 3.05) is 13.6 Å². The molecule has 2 aromatic rings. The van der Waals surface area contributed by atoms with Gasteiger partial charge in [0.1, 0.15) is 0 Å². The molecule has 0 fully saturated rings. The molecule has 116 valence electrons. The van der Waals surface area contributed by atoms with Gasteiger partial charge in [0, 0.05) is 30.6 Å². The molecule has 2 rings (SSSR count). The Morgan fingerprint density at radius 2 is 1.86 bits per heavy atom. The van der Waals surface area contributed by atoms with Crippen LogP contribution in [0.4, 0.5) is 4.79 Å². The molecule has 0 saturated heterocycles. The normalized spacial score (nSPS) is 10.0. The predicted octanol–water partition coefficient (Wildman–Crippen LogP) is 2.15. The standard InChI is InChI=1S/C16H19N3O2S/c1-17-15(20)13-6-4-12(5-7-13)11-19-16(21)18-9-8-14-3-2-10-22-14/h2-7,10H,8-9,11H2,1H3,(H,17,20)(H2,18,19,21). The number of urea groups is 1. The van der Waals surface area contributed by atoms with Crippen molar-refractivity contribution in [3.8, 4) is 0 Å². The zero-order valence-corrected chi connectivity index (χ0v) is 13.2. The van der Waals surface area contributed by atoms with E-state index in [4.69, 9.17) is 0 Å². The van der Waals surface area contributed by atoms with Crippen LogP contribution in [0.5, 0.6) is 0 Å². The van der Waals surface area contributed by atoms with Crippen LogP contribution >= 0.6 is 11.3 Å². The number of thiophene rings is 1. The topological polar surface area (TPSA) is 70.2 Å². The number of hydrogen-bond donors (Lipinski definition) is 3. The number of amides is 3. The monoisotopic (exact) mass is 317 g/mol. The lowest BCUT2D eigenvalue weighted by Crippen LogP contribution is -2.36. The fraction of sp³-hybridized carbons (Fsp3) is 0.250. The molecule has 1 aromatic heterocycles. The molecule has 0 aliphatic carbocycles. The molecule has 1 aromatic carbocycles. The second-order valence-electron chi connectivity index (χ2n) is 4.71. The smallest absolute Gasteiger partial charge is 0.315 e. The lowest BCUT2D eigenvalue weighted by atomic mass is 10.1. The molecule has 3 N–H and O–H groups in total. The van der Waals surface area contributed by atoms with Crippen molar-refractivity contribution >= 4 is 23.3 Å². The average Bonchev–Trinajstić information content (AvgIpc) is 3.06. The largest absolute Gasteiger partial charge is 0.355 e. The highest BCUT2D eigenvalue weighted by Gasteiger charge is 2.04. The first-order chi connectivity index (χ1) is 10.7. The number of carbonyl (C=O) groups excluding carboxylic acids is 2. The van der Waals surface area contributed by atoms with E-state index in [-0.39, 0.29) is 11.9 Å². The van der Waals surface area contributed by atoms with Crippen LogP contribution in [-0.2, 0) is 13.0 Å². The molecule has 6 heteroatoms. The third-order valence-electron chi connectivity index (χ3n) is 3.13. The molecule has 3 amide bonds. The Bertz CT molecular complexity index is 609. The van der Waals surface area contributed by atoms with Gasteiger partial charge >= 0.3 is 6.03 Å². The van der Waals surface area contributed by atoms with Gasteiger partial charge in [0.15, 0.2) is 0 Å². The summed E-state index contributed by atoms with van der Waals surface area (Å²) in [5.74, 6) is -0.120. The molecule has 0 unspecified atom stereocenters. The van der Waals surface area contributed by atoms with E-state index < -0.39 is 0 Å². The fourth-order valence-corrected chi connectivity index (χ4v) is 2.63. The van der Waals surface area contributed by atoms with Gasteiger partial charge in [-0.25, -0.2) is 4.79 Å². The van der Waals surface area contributed by atoms with Gasteiger partial charge in [-0.05, 0) is 35.6 Å². The maximum Gasteiger partial charge on any atom is 0.315 e. The maximum absolute atomic E-state index is 11.7. The van der Waals surface area contributed by atoms with Crippen LogP contribution in [0, 0.1) is 0 Å². The van der Waals surface area contributed by atoms with E-state index in [1.807, 2.05) is 23.6 Å². The highest BCUT2D eigenvalue weighted by atomic mass is 32.1. The van der Waals surface area contributed by atoms with Crippen molar-refractivity contribution in [1.82, 2.24) is 16.0 Å². The molecule has 0 spiro atoms. The van der Waals surface area contributed by atoms with Crippen LogP contribution in [0.15, 0.2) is 41.8 Å². The van der Waals surface area contributed by atoms with Gasteiger partial charge in [-0.15, -0.1) is 11.3 Å². The highest BCUT2D eigenvalue weighted by molar-refractivity contribution is 7.09. The van der Waals surface area contributed by atoms with E-state index in [0.29, 0.717) is 18.7 Å². The van der Waals surface area contributed by atoms with Crippen LogP contribution in [0.2, 0.25) is 0 Å². The van der Waals surface area contributed by atoms with Crippen LogP contribution in [0.3, 0.4) is 0 Å². The summed E-state index contributed by atoms with van der Waals surface area (Å²) in [5.41, 5.74) is 1.55. The minimum absolute atomic E-state index is 0.120. The lowest BCUT2D eigenvalue weighted by molar-refractivity contribution is 0.0963. The highest BCUT2D eigenvalue weighted by Crippen LogP contribution is 2.08. The molecular weight excluding hydrogens is 298 g/mol. The molecule has 1 heterocycles. The molecule has 0 radical (unpaired) electrons. The number of nitrogens with one attached hydrogen (secondary N) is 3. The van der Waals surface area contributed by atoms with Crippen LogP contribution in [0.25, 0.3) is 0 Å². The second kappa shape index (κ2) is 8.19. The van der Waals surface area contributed by atoms with Crippen molar-refractivity contribution < 1.29 is 9.59 Å². The first kappa shape index (κ1) is 16.0. The first-order valence-electron chi connectivity index (χ1n) is 7.04. The number of rotatable bonds is 6. The third kappa shape index (κ3) is 4.89. The van der Waals surface area contributed by atoms with E-state index in [9.17, 15) is 9.59 Å². The Hall–Kier alpha value is -2.34. The van der Waals surface area contributed by atoms with Crippen LogP contribution in [0.1, 0.15) is 20.8 Å². The molecule has 0 aliphatic rings. The summed E-state index contributed by atoms with van der Waals surface area (Å²) in [6, 6.07) is 11.0. The molecule has 0 bridgehead atoms.